The molecule has 0 radical (unpaired) electrons. The van der Waals surface area contributed by atoms with Crippen LogP contribution in [0.2, 0.25) is 0 Å². The van der Waals surface area contributed by atoms with Crippen molar-refractivity contribution >= 4 is 21.8 Å². The van der Waals surface area contributed by atoms with Gasteiger partial charge in [-0.05, 0) is 76.6 Å². The molecular formula is C46H41N5. The van der Waals surface area contributed by atoms with E-state index in [1.807, 2.05) is 79.0 Å². The molecule has 0 atom stereocenters. The molecule has 51 heavy (non-hydrogen) atoms. The second-order valence-electron chi connectivity index (χ2n) is 15.3. The smallest absolute Gasteiger partial charge is 0.164 e. The van der Waals surface area contributed by atoms with Gasteiger partial charge in [-0.15, -0.1) is 0 Å². The van der Waals surface area contributed by atoms with Crippen molar-refractivity contribution in [1.29, 1.82) is 0 Å². The van der Waals surface area contributed by atoms with Crippen LogP contribution in [-0.4, -0.2) is 24.5 Å². The fraction of sp³-hybridized carbons (Fsp3) is 0.174. The third kappa shape index (κ3) is 6.10. The quantitative estimate of drug-likeness (QED) is 0.184. The summed E-state index contributed by atoms with van der Waals surface area (Å²) in [7, 11) is 0. The number of aromatic nitrogens is 5. The monoisotopic (exact) mass is 663 g/mol. The fourth-order valence-corrected chi connectivity index (χ4v) is 6.76. The first kappa shape index (κ1) is 32.3. The van der Waals surface area contributed by atoms with Gasteiger partial charge in [-0.25, -0.2) is 15.0 Å². The van der Waals surface area contributed by atoms with Crippen molar-refractivity contribution in [2.75, 3.05) is 0 Å². The first-order valence-corrected chi connectivity index (χ1v) is 17.6. The van der Waals surface area contributed by atoms with Gasteiger partial charge in [0.15, 0.2) is 17.5 Å². The molecule has 0 fully saturated rings. The van der Waals surface area contributed by atoms with Crippen LogP contribution in [0.15, 0.2) is 140 Å². The number of nitrogens with zero attached hydrogens (tertiary/aromatic N) is 5. The molecule has 5 aromatic carbocycles. The van der Waals surface area contributed by atoms with E-state index in [1.54, 1.807) is 0 Å². The maximum Gasteiger partial charge on any atom is 0.164 e. The van der Waals surface area contributed by atoms with Crippen LogP contribution in [0.4, 0.5) is 0 Å². The lowest BCUT2D eigenvalue weighted by Crippen LogP contribution is -2.10. The van der Waals surface area contributed by atoms with Crippen molar-refractivity contribution in [3.8, 4) is 51.1 Å². The van der Waals surface area contributed by atoms with Gasteiger partial charge >= 0.3 is 0 Å². The Bertz CT molecular complexity index is 2390. The molecule has 0 N–H and O–H groups in total. The molecule has 0 spiro atoms. The lowest BCUT2D eigenvalue weighted by atomic mass is 9.85. The molecule has 8 rings (SSSR count). The average Bonchev–Trinajstić information content (AvgIpc) is 3.48. The van der Waals surface area contributed by atoms with Gasteiger partial charge < -0.3 is 4.57 Å². The highest BCUT2D eigenvalue weighted by atomic mass is 15.0. The molecule has 0 aliphatic rings. The summed E-state index contributed by atoms with van der Waals surface area (Å²) in [6, 6.07) is 46.7. The van der Waals surface area contributed by atoms with Gasteiger partial charge in [0.25, 0.3) is 0 Å². The summed E-state index contributed by atoms with van der Waals surface area (Å²) in [6.45, 7) is 13.7. The van der Waals surface area contributed by atoms with Crippen molar-refractivity contribution in [1.82, 2.24) is 24.5 Å². The Morgan fingerprint density at radius 2 is 0.961 bits per heavy atom. The van der Waals surface area contributed by atoms with Gasteiger partial charge in [0.2, 0.25) is 0 Å². The number of hydrogen-bond acceptors (Lipinski definition) is 4. The molecule has 3 heterocycles. The van der Waals surface area contributed by atoms with E-state index in [-0.39, 0.29) is 10.8 Å². The van der Waals surface area contributed by atoms with Gasteiger partial charge in [-0.3, -0.25) is 4.98 Å². The molecule has 0 unspecified atom stereocenters. The van der Waals surface area contributed by atoms with Gasteiger partial charge in [0, 0.05) is 44.9 Å². The van der Waals surface area contributed by atoms with Crippen LogP contribution in [0.25, 0.3) is 72.9 Å². The third-order valence-electron chi connectivity index (χ3n) is 9.64. The predicted octanol–water partition coefficient (Wildman–Crippen LogP) is 11.6. The molecule has 0 amide bonds. The normalized spacial score (nSPS) is 12.1. The second-order valence-corrected chi connectivity index (χ2v) is 15.3. The Morgan fingerprint density at radius 3 is 1.45 bits per heavy atom. The van der Waals surface area contributed by atoms with Crippen LogP contribution in [-0.2, 0) is 10.8 Å². The Morgan fingerprint density at radius 1 is 0.451 bits per heavy atom. The molecule has 0 saturated carbocycles. The van der Waals surface area contributed by atoms with Crippen LogP contribution < -0.4 is 0 Å². The molecule has 0 bridgehead atoms. The van der Waals surface area contributed by atoms with Crippen LogP contribution >= 0.6 is 0 Å². The number of pyridine rings is 1. The van der Waals surface area contributed by atoms with E-state index in [9.17, 15) is 0 Å². The van der Waals surface area contributed by atoms with Gasteiger partial charge in [-0.2, -0.15) is 0 Å². The predicted molar refractivity (Wildman–Crippen MR) is 211 cm³/mol. The fourth-order valence-electron chi connectivity index (χ4n) is 6.76. The van der Waals surface area contributed by atoms with Crippen LogP contribution in [0.1, 0.15) is 52.7 Å². The zero-order valence-electron chi connectivity index (χ0n) is 30.0. The molecule has 5 heteroatoms. The zero-order valence-corrected chi connectivity index (χ0v) is 30.0. The van der Waals surface area contributed by atoms with Crippen LogP contribution in [0.3, 0.4) is 0 Å². The molecule has 0 aliphatic heterocycles. The van der Waals surface area contributed by atoms with E-state index < -0.39 is 0 Å². The minimum Gasteiger partial charge on any atom is -0.309 e. The summed E-state index contributed by atoms with van der Waals surface area (Å²) in [6.07, 6.45) is 1.84. The lowest BCUT2D eigenvalue weighted by molar-refractivity contribution is 0.590. The van der Waals surface area contributed by atoms with Crippen LogP contribution in [0, 0.1) is 0 Å². The molecule has 0 saturated heterocycles. The maximum atomic E-state index is 5.09. The molecule has 0 aliphatic carbocycles. The number of benzene rings is 5. The van der Waals surface area contributed by atoms with E-state index in [0.717, 1.165) is 33.6 Å². The standard InChI is InChI=1S/C46H41N5/c1-45(2,3)32-20-24-40-37(27-32)38-28-33(46(4,5)6)21-25-41(38)51(40)34-22-23-35(36(29-34)39-19-13-14-26-47-39)44-49-42(30-15-9-7-10-16-30)48-43(50-44)31-17-11-8-12-18-31/h7-29H,1-6H3. The summed E-state index contributed by atoms with van der Waals surface area (Å²) < 4.78 is 2.39. The van der Waals surface area contributed by atoms with Gasteiger partial charge in [0.05, 0.1) is 16.7 Å². The van der Waals surface area contributed by atoms with Gasteiger partial charge in [0.1, 0.15) is 0 Å². The van der Waals surface area contributed by atoms with Crippen molar-refractivity contribution < 1.29 is 0 Å². The van der Waals surface area contributed by atoms with E-state index in [2.05, 4.69) is 107 Å². The number of rotatable bonds is 5. The molecule has 5 nitrogen and oxygen atoms in total. The summed E-state index contributed by atoms with van der Waals surface area (Å²) in [5.74, 6) is 1.85. The highest BCUT2D eigenvalue weighted by molar-refractivity contribution is 6.10. The van der Waals surface area contributed by atoms with Crippen molar-refractivity contribution in [3.05, 3.63) is 151 Å². The van der Waals surface area contributed by atoms with E-state index in [4.69, 9.17) is 19.9 Å². The minimum atomic E-state index is 0.0276. The van der Waals surface area contributed by atoms with E-state index >= 15 is 0 Å². The molecule has 8 aromatic rings. The van der Waals surface area contributed by atoms with Crippen LogP contribution in [0.5, 0.6) is 0 Å². The van der Waals surface area contributed by atoms with E-state index in [0.29, 0.717) is 17.5 Å². The Labute approximate surface area is 299 Å². The highest BCUT2D eigenvalue weighted by Gasteiger charge is 2.22. The first-order valence-electron chi connectivity index (χ1n) is 17.6. The SMILES string of the molecule is CC(C)(C)c1ccc2c(c1)c1cc(C(C)(C)C)ccc1n2-c1ccc(-c2nc(-c3ccccc3)nc(-c3ccccc3)n2)c(-c2ccccn2)c1. The Balaban J connectivity index is 1.39. The second kappa shape index (κ2) is 12.4. The zero-order chi connectivity index (χ0) is 35.3. The van der Waals surface area contributed by atoms with Crippen molar-refractivity contribution in [2.45, 2.75) is 52.4 Å². The van der Waals surface area contributed by atoms with E-state index in [1.165, 1.54) is 32.9 Å². The van der Waals surface area contributed by atoms with Crippen molar-refractivity contribution in [3.63, 3.8) is 0 Å². The molecule has 3 aromatic heterocycles. The molecule has 250 valence electrons. The Hall–Kier alpha value is -5.94. The number of hydrogen-bond donors (Lipinski definition) is 0. The first-order chi connectivity index (χ1) is 24.5. The lowest BCUT2D eigenvalue weighted by Gasteiger charge is -2.19. The largest absolute Gasteiger partial charge is 0.309 e. The topological polar surface area (TPSA) is 56.5 Å². The summed E-state index contributed by atoms with van der Waals surface area (Å²) in [5, 5.41) is 2.51. The number of fused-ring (bicyclic) bond motifs is 3. The minimum absolute atomic E-state index is 0.0276. The molecular weight excluding hydrogens is 623 g/mol. The summed E-state index contributed by atoms with van der Waals surface area (Å²) in [5.41, 5.74) is 10.6. The van der Waals surface area contributed by atoms with Gasteiger partial charge in [-0.1, -0.05) is 120 Å². The summed E-state index contributed by atoms with van der Waals surface area (Å²) in [4.78, 5) is 19.9. The maximum absolute atomic E-state index is 5.09. The van der Waals surface area contributed by atoms with Crippen molar-refractivity contribution in [2.24, 2.45) is 0 Å². The summed E-state index contributed by atoms with van der Waals surface area (Å²) >= 11 is 0. The highest BCUT2D eigenvalue weighted by Crippen LogP contribution is 2.40. The Kier molecular flexibility index (Phi) is 7.87. The third-order valence-corrected chi connectivity index (χ3v) is 9.64. The average molecular weight is 664 g/mol.